The Bertz CT molecular complexity index is 347. The van der Waals surface area contributed by atoms with Crippen LogP contribution in [0.3, 0.4) is 0 Å². The minimum atomic E-state index is 0.991. The van der Waals surface area contributed by atoms with Crippen LogP contribution in [-0.2, 0) is 0 Å². The smallest absolute Gasteiger partial charge is 0.0660 e. The summed E-state index contributed by atoms with van der Waals surface area (Å²) in [5.74, 6) is 0. The number of aryl methyl sites for hydroxylation is 1. The van der Waals surface area contributed by atoms with E-state index >= 15 is 0 Å². The van der Waals surface area contributed by atoms with E-state index in [1.807, 2.05) is 25.3 Å². The number of hydrogen-bond donors (Lipinski definition) is 0. The normalized spacial score (nSPS) is 11.6. The van der Waals surface area contributed by atoms with Crippen LogP contribution in [0.5, 0.6) is 0 Å². The summed E-state index contributed by atoms with van der Waals surface area (Å²) in [6.45, 7) is 2.05. The number of pyridine rings is 1. The predicted octanol–water partition coefficient (Wildman–Crippen LogP) is 2.87. The third-order valence-electron chi connectivity index (χ3n) is 1.51. The summed E-state index contributed by atoms with van der Waals surface area (Å²) in [5, 5.41) is 0. The highest BCUT2D eigenvalue weighted by molar-refractivity contribution is 14.1. The Balaban J connectivity index is 2.89. The van der Waals surface area contributed by atoms with Crippen molar-refractivity contribution < 1.29 is 0 Å². The van der Waals surface area contributed by atoms with Gasteiger partial charge in [-0.1, -0.05) is 0 Å². The van der Waals surface area contributed by atoms with E-state index in [-0.39, 0.29) is 0 Å². The minimum Gasteiger partial charge on any atom is -0.276 e. The highest BCUT2D eigenvalue weighted by Gasteiger charge is 1.95. The first-order chi connectivity index (χ1) is 6.24. The standard InChI is InChI=1S/C9H10IN2P/c1-7-5-8(10)6-11-9(7)3-2-4-12-13/h2-6H,13H2,1H3/b3-2-,12-4?. The van der Waals surface area contributed by atoms with Gasteiger partial charge in [0.25, 0.3) is 0 Å². The molecule has 0 bridgehead atoms. The third kappa shape index (κ3) is 3.53. The molecular weight excluding hydrogens is 294 g/mol. The molecule has 0 aliphatic heterocycles. The van der Waals surface area contributed by atoms with Crippen LogP contribution in [0.2, 0.25) is 0 Å². The maximum absolute atomic E-state index is 4.29. The summed E-state index contributed by atoms with van der Waals surface area (Å²) in [4.78, 5) is 4.29. The maximum Gasteiger partial charge on any atom is 0.0660 e. The van der Waals surface area contributed by atoms with Crippen molar-refractivity contribution in [2.75, 3.05) is 0 Å². The summed E-state index contributed by atoms with van der Waals surface area (Å²) in [6, 6.07) is 2.10. The van der Waals surface area contributed by atoms with Crippen molar-refractivity contribution >= 4 is 44.3 Å². The van der Waals surface area contributed by atoms with Crippen molar-refractivity contribution in [3.05, 3.63) is 33.2 Å². The number of hydrogen-bond acceptors (Lipinski definition) is 2. The van der Waals surface area contributed by atoms with E-state index in [0.717, 1.165) is 9.26 Å². The number of rotatable bonds is 2. The maximum atomic E-state index is 4.29. The van der Waals surface area contributed by atoms with E-state index in [4.69, 9.17) is 0 Å². The first kappa shape index (κ1) is 10.8. The molecule has 1 heterocycles. The van der Waals surface area contributed by atoms with Gasteiger partial charge in [0.2, 0.25) is 0 Å². The van der Waals surface area contributed by atoms with Crippen LogP contribution in [0, 0.1) is 10.5 Å². The predicted molar refractivity (Wildman–Crippen MR) is 68.9 cm³/mol. The summed E-state index contributed by atoms with van der Waals surface area (Å²) < 4.78 is 4.93. The lowest BCUT2D eigenvalue weighted by Crippen LogP contribution is -1.87. The zero-order valence-electron chi connectivity index (χ0n) is 7.24. The van der Waals surface area contributed by atoms with Crippen LogP contribution in [0.1, 0.15) is 11.3 Å². The lowest BCUT2D eigenvalue weighted by molar-refractivity contribution is 1.22. The van der Waals surface area contributed by atoms with E-state index in [2.05, 4.69) is 47.8 Å². The van der Waals surface area contributed by atoms with Gasteiger partial charge in [0, 0.05) is 16.0 Å². The van der Waals surface area contributed by atoms with Crippen molar-refractivity contribution in [2.24, 2.45) is 4.76 Å². The Morgan fingerprint density at radius 1 is 1.62 bits per heavy atom. The van der Waals surface area contributed by atoms with Gasteiger partial charge in [0.05, 0.1) is 5.69 Å². The fourth-order valence-corrected chi connectivity index (χ4v) is 1.62. The van der Waals surface area contributed by atoms with Crippen LogP contribution in [0.25, 0.3) is 6.08 Å². The molecule has 1 rings (SSSR count). The van der Waals surface area contributed by atoms with E-state index in [1.165, 1.54) is 5.56 Å². The zero-order valence-corrected chi connectivity index (χ0v) is 10.5. The molecule has 0 N–H and O–H groups in total. The Morgan fingerprint density at radius 2 is 2.38 bits per heavy atom. The fraction of sp³-hybridized carbons (Fsp3) is 0.111. The average Bonchev–Trinajstić information content (AvgIpc) is 2.09. The molecule has 0 aliphatic rings. The van der Waals surface area contributed by atoms with Crippen LogP contribution in [0.15, 0.2) is 23.1 Å². The summed E-state index contributed by atoms with van der Waals surface area (Å²) in [7, 11) is 2.28. The van der Waals surface area contributed by atoms with Gasteiger partial charge in [0.15, 0.2) is 0 Å². The molecule has 0 aliphatic carbocycles. The second-order valence-corrected chi connectivity index (χ2v) is 4.06. The highest BCUT2D eigenvalue weighted by atomic mass is 127. The van der Waals surface area contributed by atoms with Crippen LogP contribution < -0.4 is 0 Å². The van der Waals surface area contributed by atoms with Gasteiger partial charge in [-0.05, 0) is 62.7 Å². The molecule has 1 atom stereocenters. The van der Waals surface area contributed by atoms with Crippen molar-refractivity contribution in [3.63, 3.8) is 0 Å². The van der Waals surface area contributed by atoms with E-state index in [1.54, 1.807) is 6.21 Å². The van der Waals surface area contributed by atoms with E-state index in [0.29, 0.717) is 0 Å². The summed E-state index contributed by atoms with van der Waals surface area (Å²) in [6.07, 6.45) is 7.38. The topological polar surface area (TPSA) is 25.2 Å². The lowest BCUT2D eigenvalue weighted by atomic mass is 10.2. The van der Waals surface area contributed by atoms with Crippen molar-refractivity contribution in [1.82, 2.24) is 4.98 Å². The van der Waals surface area contributed by atoms with Crippen LogP contribution in [-0.4, -0.2) is 11.2 Å². The Morgan fingerprint density at radius 3 is 3.00 bits per heavy atom. The van der Waals surface area contributed by atoms with Gasteiger partial charge < -0.3 is 0 Å². The van der Waals surface area contributed by atoms with Crippen molar-refractivity contribution in [1.29, 1.82) is 0 Å². The average molecular weight is 304 g/mol. The second kappa shape index (κ2) is 5.45. The molecule has 0 saturated carbocycles. The Labute approximate surface area is 94.0 Å². The lowest BCUT2D eigenvalue weighted by Gasteiger charge is -1.98. The Hall–Kier alpha value is -0.280. The largest absolute Gasteiger partial charge is 0.276 e. The molecule has 1 unspecified atom stereocenters. The van der Waals surface area contributed by atoms with Gasteiger partial charge >= 0.3 is 0 Å². The monoisotopic (exact) mass is 304 g/mol. The van der Waals surface area contributed by atoms with Crippen LogP contribution >= 0.6 is 32.0 Å². The number of halogens is 1. The summed E-state index contributed by atoms with van der Waals surface area (Å²) in [5.41, 5.74) is 2.17. The quantitative estimate of drug-likeness (QED) is 0.468. The van der Waals surface area contributed by atoms with Gasteiger partial charge in [-0.25, -0.2) is 0 Å². The molecule has 0 saturated heterocycles. The molecule has 0 spiro atoms. The first-order valence-electron chi connectivity index (χ1n) is 3.76. The molecule has 0 aromatic carbocycles. The minimum absolute atomic E-state index is 0.991. The summed E-state index contributed by atoms with van der Waals surface area (Å²) >= 11 is 2.25. The fourth-order valence-electron chi connectivity index (χ4n) is 0.909. The molecule has 13 heavy (non-hydrogen) atoms. The van der Waals surface area contributed by atoms with Crippen molar-refractivity contribution in [3.8, 4) is 0 Å². The molecule has 0 fully saturated rings. The molecule has 0 radical (unpaired) electrons. The molecule has 1 aromatic heterocycles. The molecule has 68 valence electrons. The highest BCUT2D eigenvalue weighted by Crippen LogP contribution is 2.10. The zero-order chi connectivity index (χ0) is 9.68. The van der Waals surface area contributed by atoms with E-state index < -0.39 is 0 Å². The van der Waals surface area contributed by atoms with Gasteiger partial charge in [-0.15, -0.1) is 0 Å². The van der Waals surface area contributed by atoms with Crippen LogP contribution in [0.4, 0.5) is 0 Å². The number of nitrogens with zero attached hydrogens (tertiary/aromatic N) is 2. The molecule has 4 heteroatoms. The first-order valence-corrected chi connectivity index (χ1v) is 5.35. The second-order valence-electron chi connectivity index (χ2n) is 2.51. The van der Waals surface area contributed by atoms with E-state index in [9.17, 15) is 0 Å². The van der Waals surface area contributed by atoms with Gasteiger partial charge in [0.1, 0.15) is 0 Å². The molecule has 1 aromatic rings. The SMILES string of the molecule is Cc1cc(I)cnc1/C=C\C=NP. The Kier molecular flexibility index (Phi) is 4.53. The third-order valence-corrected chi connectivity index (χ3v) is 2.27. The van der Waals surface area contributed by atoms with Gasteiger partial charge in [-0.3, -0.25) is 9.75 Å². The molecule has 2 nitrogen and oxygen atoms in total. The van der Waals surface area contributed by atoms with Gasteiger partial charge in [-0.2, -0.15) is 0 Å². The van der Waals surface area contributed by atoms with Crippen molar-refractivity contribution in [2.45, 2.75) is 6.92 Å². The number of allylic oxidation sites excluding steroid dienone is 1. The molecule has 0 amide bonds. The number of aromatic nitrogens is 1. The molecular formula is C9H10IN2P.